The predicted molar refractivity (Wildman–Crippen MR) is 89.1 cm³/mol. The molecule has 23 heavy (non-hydrogen) atoms. The lowest BCUT2D eigenvalue weighted by atomic mass is 10.2. The Balaban J connectivity index is 1.62. The number of halogens is 1. The molecule has 1 fully saturated rings. The molecular formula is C17H20ClN3O2. The summed E-state index contributed by atoms with van der Waals surface area (Å²) in [5.41, 5.74) is 0.892. The van der Waals surface area contributed by atoms with Gasteiger partial charge in [-0.1, -0.05) is 42.6 Å². The molecule has 2 heterocycles. The SMILES string of the molecule is O=C(COc1nn(-c2ccccc2)cc1Cl)N1CCCCCC1. The van der Waals surface area contributed by atoms with Gasteiger partial charge in [-0.05, 0) is 25.0 Å². The molecule has 0 atom stereocenters. The van der Waals surface area contributed by atoms with E-state index in [1.54, 1.807) is 10.9 Å². The Kier molecular flexibility index (Phi) is 5.18. The average Bonchev–Trinajstić information content (AvgIpc) is 2.78. The van der Waals surface area contributed by atoms with E-state index in [1.807, 2.05) is 35.2 Å². The third-order valence-corrected chi connectivity index (χ3v) is 4.21. The van der Waals surface area contributed by atoms with Gasteiger partial charge in [-0.3, -0.25) is 4.79 Å². The van der Waals surface area contributed by atoms with Gasteiger partial charge in [0, 0.05) is 13.1 Å². The number of para-hydroxylation sites is 1. The van der Waals surface area contributed by atoms with Gasteiger partial charge in [0.15, 0.2) is 6.61 Å². The summed E-state index contributed by atoms with van der Waals surface area (Å²) in [5, 5.41) is 4.71. The van der Waals surface area contributed by atoms with Crippen molar-refractivity contribution in [1.29, 1.82) is 0 Å². The number of ether oxygens (including phenoxy) is 1. The molecule has 1 aliphatic heterocycles. The molecular weight excluding hydrogens is 314 g/mol. The second-order valence-corrected chi connectivity index (χ2v) is 6.05. The molecule has 2 aromatic rings. The van der Waals surface area contributed by atoms with Crippen LogP contribution in [0.1, 0.15) is 25.7 Å². The standard InChI is InChI=1S/C17H20ClN3O2/c18-15-12-21(14-8-4-3-5-9-14)19-17(15)23-13-16(22)20-10-6-1-2-7-11-20/h3-5,8-9,12H,1-2,6-7,10-11,13H2. The Hall–Kier alpha value is -2.01. The minimum atomic E-state index is -0.0223. The molecule has 0 aliphatic carbocycles. The van der Waals surface area contributed by atoms with Crippen molar-refractivity contribution in [3.63, 3.8) is 0 Å². The third-order valence-electron chi connectivity index (χ3n) is 3.95. The van der Waals surface area contributed by atoms with E-state index in [0.29, 0.717) is 10.9 Å². The number of benzene rings is 1. The van der Waals surface area contributed by atoms with Crippen LogP contribution < -0.4 is 4.74 Å². The molecule has 1 saturated heterocycles. The van der Waals surface area contributed by atoms with Crippen LogP contribution in [0, 0.1) is 0 Å². The van der Waals surface area contributed by atoms with Crippen LogP contribution in [0.4, 0.5) is 0 Å². The third kappa shape index (κ3) is 4.05. The van der Waals surface area contributed by atoms with E-state index in [0.717, 1.165) is 31.6 Å². The smallest absolute Gasteiger partial charge is 0.260 e. The first-order valence-corrected chi connectivity index (χ1v) is 8.33. The molecule has 0 unspecified atom stereocenters. The van der Waals surface area contributed by atoms with Gasteiger partial charge < -0.3 is 9.64 Å². The van der Waals surface area contributed by atoms with E-state index in [2.05, 4.69) is 5.10 Å². The first-order chi connectivity index (χ1) is 11.2. The zero-order valence-corrected chi connectivity index (χ0v) is 13.7. The Morgan fingerprint density at radius 1 is 1.13 bits per heavy atom. The predicted octanol–water partition coefficient (Wildman–Crippen LogP) is 3.31. The van der Waals surface area contributed by atoms with E-state index in [-0.39, 0.29) is 12.5 Å². The number of carbonyl (C=O) groups is 1. The summed E-state index contributed by atoms with van der Waals surface area (Å²) in [6.07, 6.45) is 6.20. The Morgan fingerprint density at radius 2 is 1.83 bits per heavy atom. The van der Waals surface area contributed by atoms with Gasteiger partial charge in [0.1, 0.15) is 5.02 Å². The summed E-state index contributed by atoms with van der Waals surface area (Å²) in [4.78, 5) is 14.1. The molecule has 1 aliphatic rings. The van der Waals surface area contributed by atoms with Crippen LogP contribution >= 0.6 is 11.6 Å². The fourth-order valence-corrected chi connectivity index (χ4v) is 2.87. The Bertz CT molecular complexity index is 649. The summed E-state index contributed by atoms with van der Waals surface area (Å²) in [6, 6.07) is 9.64. The molecule has 1 aromatic carbocycles. The lowest BCUT2D eigenvalue weighted by molar-refractivity contribution is -0.133. The highest BCUT2D eigenvalue weighted by Crippen LogP contribution is 2.24. The maximum absolute atomic E-state index is 12.2. The van der Waals surface area contributed by atoms with Gasteiger partial charge in [0.05, 0.1) is 11.9 Å². The van der Waals surface area contributed by atoms with Gasteiger partial charge in [-0.25, -0.2) is 4.68 Å². The normalized spacial score (nSPS) is 15.3. The fraction of sp³-hybridized carbons (Fsp3) is 0.412. The van der Waals surface area contributed by atoms with E-state index >= 15 is 0 Å². The van der Waals surface area contributed by atoms with Gasteiger partial charge in [-0.15, -0.1) is 5.10 Å². The van der Waals surface area contributed by atoms with Crippen LogP contribution in [-0.2, 0) is 4.79 Å². The molecule has 1 aromatic heterocycles. The molecule has 122 valence electrons. The highest BCUT2D eigenvalue weighted by atomic mass is 35.5. The van der Waals surface area contributed by atoms with Crippen molar-refractivity contribution < 1.29 is 9.53 Å². The molecule has 6 heteroatoms. The fourth-order valence-electron chi connectivity index (χ4n) is 2.69. The lowest BCUT2D eigenvalue weighted by Gasteiger charge is -2.19. The van der Waals surface area contributed by atoms with Crippen LogP contribution in [0.25, 0.3) is 5.69 Å². The van der Waals surface area contributed by atoms with E-state index in [1.165, 1.54) is 12.8 Å². The molecule has 0 bridgehead atoms. The van der Waals surface area contributed by atoms with Crippen molar-refractivity contribution in [2.45, 2.75) is 25.7 Å². The largest absolute Gasteiger partial charge is 0.465 e. The molecule has 0 spiro atoms. The monoisotopic (exact) mass is 333 g/mol. The van der Waals surface area contributed by atoms with Crippen molar-refractivity contribution in [2.24, 2.45) is 0 Å². The molecule has 0 radical (unpaired) electrons. The molecule has 0 N–H and O–H groups in total. The number of aromatic nitrogens is 2. The molecule has 1 amide bonds. The average molecular weight is 334 g/mol. The van der Waals surface area contributed by atoms with Crippen LogP contribution in [0.2, 0.25) is 5.02 Å². The molecule has 3 rings (SSSR count). The lowest BCUT2D eigenvalue weighted by Crippen LogP contribution is -2.35. The summed E-state index contributed by atoms with van der Waals surface area (Å²) >= 11 is 6.16. The number of amides is 1. The van der Waals surface area contributed by atoms with E-state index in [4.69, 9.17) is 16.3 Å². The van der Waals surface area contributed by atoms with Gasteiger partial charge in [0.2, 0.25) is 0 Å². The second kappa shape index (κ2) is 7.51. The first kappa shape index (κ1) is 15.9. The number of likely N-dealkylation sites (tertiary alicyclic amines) is 1. The maximum Gasteiger partial charge on any atom is 0.260 e. The highest BCUT2D eigenvalue weighted by Gasteiger charge is 2.17. The van der Waals surface area contributed by atoms with Crippen LogP contribution in [-0.4, -0.2) is 40.3 Å². The van der Waals surface area contributed by atoms with Crippen molar-refractivity contribution in [2.75, 3.05) is 19.7 Å². The Labute approximate surface area is 140 Å². The molecule has 0 saturated carbocycles. The maximum atomic E-state index is 12.2. The minimum absolute atomic E-state index is 0.00257. The van der Waals surface area contributed by atoms with Crippen LogP contribution in [0.15, 0.2) is 36.5 Å². The van der Waals surface area contributed by atoms with Crippen molar-refractivity contribution in [3.8, 4) is 11.6 Å². The highest BCUT2D eigenvalue weighted by molar-refractivity contribution is 6.31. The molecule has 5 nitrogen and oxygen atoms in total. The summed E-state index contributed by atoms with van der Waals surface area (Å²) in [7, 11) is 0. The van der Waals surface area contributed by atoms with E-state index < -0.39 is 0 Å². The van der Waals surface area contributed by atoms with Crippen molar-refractivity contribution in [3.05, 3.63) is 41.6 Å². The summed E-state index contributed by atoms with van der Waals surface area (Å²) in [5.74, 6) is 0.288. The second-order valence-electron chi connectivity index (χ2n) is 5.65. The zero-order valence-electron chi connectivity index (χ0n) is 12.9. The minimum Gasteiger partial charge on any atom is -0.465 e. The van der Waals surface area contributed by atoms with Gasteiger partial charge in [-0.2, -0.15) is 0 Å². The number of nitrogens with zero attached hydrogens (tertiary/aromatic N) is 3. The zero-order chi connectivity index (χ0) is 16.1. The van der Waals surface area contributed by atoms with Crippen LogP contribution in [0.5, 0.6) is 5.88 Å². The number of carbonyl (C=O) groups excluding carboxylic acids is 1. The Morgan fingerprint density at radius 3 is 2.52 bits per heavy atom. The topological polar surface area (TPSA) is 47.4 Å². The van der Waals surface area contributed by atoms with Crippen molar-refractivity contribution >= 4 is 17.5 Å². The van der Waals surface area contributed by atoms with Gasteiger partial charge in [0.25, 0.3) is 11.8 Å². The van der Waals surface area contributed by atoms with Gasteiger partial charge >= 0.3 is 0 Å². The number of hydrogen-bond donors (Lipinski definition) is 0. The van der Waals surface area contributed by atoms with E-state index in [9.17, 15) is 4.79 Å². The van der Waals surface area contributed by atoms with Crippen molar-refractivity contribution in [1.82, 2.24) is 14.7 Å². The summed E-state index contributed by atoms with van der Waals surface area (Å²) < 4.78 is 7.19. The number of hydrogen-bond acceptors (Lipinski definition) is 3. The van der Waals surface area contributed by atoms with Crippen LogP contribution in [0.3, 0.4) is 0 Å². The summed E-state index contributed by atoms with van der Waals surface area (Å²) in [6.45, 7) is 1.61. The number of rotatable bonds is 4. The first-order valence-electron chi connectivity index (χ1n) is 7.95. The quantitative estimate of drug-likeness (QED) is 0.862.